The van der Waals surface area contributed by atoms with Gasteiger partial charge in [0.15, 0.2) is 0 Å². The summed E-state index contributed by atoms with van der Waals surface area (Å²) in [6.07, 6.45) is 0.260. The van der Waals surface area contributed by atoms with E-state index in [-0.39, 0.29) is 31.4 Å². The Bertz CT molecular complexity index is 273. The van der Waals surface area contributed by atoms with Gasteiger partial charge >= 0.3 is 5.97 Å². The number of carbonyl (C=O) groups is 2. The molecule has 0 atom stereocenters. The second kappa shape index (κ2) is 8.68. The van der Waals surface area contributed by atoms with Crippen molar-refractivity contribution in [3.05, 3.63) is 0 Å². The van der Waals surface area contributed by atoms with E-state index in [1.165, 1.54) is 0 Å². The predicted octanol–water partition coefficient (Wildman–Crippen LogP) is -0.489. The maximum atomic E-state index is 11.2. The molecule has 0 heterocycles. The largest absolute Gasteiger partial charge is 0.466 e. The van der Waals surface area contributed by atoms with Crippen LogP contribution in [0.15, 0.2) is 0 Å². The van der Waals surface area contributed by atoms with Crippen molar-refractivity contribution < 1.29 is 14.3 Å². The zero-order chi connectivity index (χ0) is 12.4. The van der Waals surface area contributed by atoms with E-state index in [9.17, 15) is 9.59 Å². The monoisotopic (exact) mass is 227 g/mol. The summed E-state index contributed by atoms with van der Waals surface area (Å²) in [5.74, 6) is -0.500. The van der Waals surface area contributed by atoms with E-state index >= 15 is 0 Å². The number of esters is 1. The summed E-state index contributed by atoms with van der Waals surface area (Å²) in [6, 6.07) is 1.81. The third-order valence-corrected chi connectivity index (χ3v) is 1.78. The summed E-state index contributed by atoms with van der Waals surface area (Å²) in [7, 11) is 1.73. The van der Waals surface area contributed by atoms with Crippen molar-refractivity contribution in [2.75, 3.05) is 33.3 Å². The Morgan fingerprint density at radius 3 is 2.75 bits per heavy atom. The number of nitrogens with one attached hydrogen (secondary N) is 1. The molecule has 0 rings (SSSR count). The van der Waals surface area contributed by atoms with Gasteiger partial charge in [-0.2, -0.15) is 5.26 Å². The number of rotatable bonds is 7. The fraction of sp³-hybridized carbons (Fsp3) is 0.700. The molecule has 0 aromatic rings. The molecule has 0 fully saturated rings. The molecule has 0 radical (unpaired) electrons. The molecule has 0 unspecified atom stereocenters. The van der Waals surface area contributed by atoms with Crippen LogP contribution in [0.2, 0.25) is 0 Å². The lowest BCUT2D eigenvalue weighted by Gasteiger charge is -2.14. The molecule has 0 aliphatic carbocycles. The molecule has 0 saturated heterocycles. The van der Waals surface area contributed by atoms with Crippen LogP contribution in [0.3, 0.4) is 0 Å². The van der Waals surface area contributed by atoms with Gasteiger partial charge in [-0.3, -0.25) is 14.5 Å². The lowest BCUT2D eigenvalue weighted by Crippen LogP contribution is -2.36. The molecule has 1 N–H and O–H groups in total. The van der Waals surface area contributed by atoms with Gasteiger partial charge in [-0.15, -0.1) is 0 Å². The number of carbonyl (C=O) groups excluding carboxylic acids is 2. The number of likely N-dealkylation sites (N-methyl/N-ethyl adjacent to an activating group) is 1. The van der Waals surface area contributed by atoms with Crippen molar-refractivity contribution >= 4 is 11.9 Å². The highest BCUT2D eigenvalue weighted by molar-refractivity contribution is 5.78. The van der Waals surface area contributed by atoms with Gasteiger partial charge in [-0.05, 0) is 14.0 Å². The van der Waals surface area contributed by atoms with Crippen LogP contribution in [0.1, 0.15) is 13.3 Å². The minimum absolute atomic E-state index is 0.00451. The quantitative estimate of drug-likeness (QED) is 0.469. The van der Waals surface area contributed by atoms with Crippen LogP contribution in [0.5, 0.6) is 0 Å². The predicted molar refractivity (Wildman–Crippen MR) is 57.4 cm³/mol. The van der Waals surface area contributed by atoms with Crippen LogP contribution in [0.25, 0.3) is 0 Å². The molecule has 6 nitrogen and oxygen atoms in total. The van der Waals surface area contributed by atoms with Crippen LogP contribution in [-0.4, -0.2) is 50.1 Å². The third kappa shape index (κ3) is 7.76. The summed E-state index contributed by atoms with van der Waals surface area (Å²) in [5.41, 5.74) is 0. The number of ether oxygens (including phenoxy) is 1. The first-order valence-electron chi connectivity index (χ1n) is 5.08. The van der Waals surface area contributed by atoms with Crippen LogP contribution < -0.4 is 5.32 Å². The highest BCUT2D eigenvalue weighted by atomic mass is 16.5. The Balaban J connectivity index is 3.65. The molecule has 90 valence electrons. The Hall–Kier alpha value is -1.61. The molecular formula is C10H17N3O3. The first-order valence-corrected chi connectivity index (χ1v) is 5.08. The summed E-state index contributed by atoms with van der Waals surface area (Å²) in [5, 5.41) is 10.7. The molecule has 0 aromatic heterocycles. The van der Waals surface area contributed by atoms with E-state index < -0.39 is 0 Å². The van der Waals surface area contributed by atoms with Gasteiger partial charge in [0.1, 0.15) is 6.54 Å². The Kier molecular flexibility index (Phi) is 7.81. The summed E-state index contributed by atoms with van der Waals surface area (Å²) in [4.78, 5) is 23.9. The number of hydrogen-bond donors (Lipinski definition) is 1. The fourth-order valence-electron chi connectivity index (χ4n) is 1.03. The van der Waals surface area contributed by atoms with Crippen molar-refractivity contribution in [3.8, 4) is 6.07 Å². The van der Waals surface area contributed by atoms with Crippen molar-refractivity contribution in [3.63, 3.8) is 0 Å². The van der Waals surface area contributed by atoms with Gasteiger partial charge < -0.3 is 10.1 Å². The van der Waals surface area contributed by atoms with Gasteiger partial charge in [0.2, 0.25) is 5.91 Å². The molecule has 0 aliphatic rings. The standard InChI is InChI=1S/C10H17N3O3/c1-3-16-10(15)4-7-13(2)8-9(14)12-6-5-11/h3-4,6-8H2,1-2H3,(H,12,14). The van der Waals surface area contributed by atoms with Gasteiger partial charge in [-0.1, -0.05) is 0 Å². The van der Waals surface area contributed by atoms with Crippen LogP contribution in [0, 0.1) is 11.3 Å². The summed E-state index contributed by atoms with van der Waals surface area (Å²) >= 11 is 0. The molecule has 1 amide bonds. The van der Waals surface area contributed by atoms with Crippen LogP contribution >= 0.6 is 0 Å². The number of nitrogens with zero attached hydrogens (tertiary/aromatic N) is 2. The topological polar surface area (TPSA) is 82.4 Å². The zero-order valence-electron chi connectivity index (χ0n) is 9.65. The molecule has 6 heteroatoms. The van der Waals surface area contributed by atoms with E-state index in [0.29, 0.717) is 13.2 Å². The van der Waals surface area contributed by atoms with Crippen molar-refractivity contribution in [2.45, 2.75) is 13.3 Å². The van der Waals surface area contributed by atoms with Gasteiger partial charge in [0.05, 0.1) is 25.6 Å². The lowest BCUT2D eigenvalue weighted by molar-refractivity contribution is -0.143. The van der Waals surface area contributed by atoms with Gasteiger partial charge in [0.25, 0.3) is 0 Å². The molecule has 0 aromatic carbocycles. The number of amides is 1. The maximum absolute atomic E-state index is 11.2. The third-order valence-electron chi connectivity index (χ3n) is 1.78. The Labute approximate surface area is 95.2 Å². The fourth-order valence-corrected chi connectivity index (χ4v) is 1.03. The van der Waals surface area contributed by atoms with E-state index in [1.807, 2.05) is 6.07 Å². The smallest absolute Gasteiger partial charge is 0.307 e. The lowest BCUT2D eigenvalue weighted by atomic mass is 10.4. The first-order chi connectivity index (χ1) is 7.60. The van der Waals surface area contributed by atoms with Crippen LogP contribution in [-0.2, 0) is 14.3 Å². The second-order valence-corrected chi connectivity index (χ2v) is 3.23. The summed E-state index contributed by atoms with van der Waals surface area (Å²) in [6.45, 7) is 2.74. The SMILES string of the molecule is CCOC(=O)CCN(C)CC(=O)NCC#N. The minimum atomic E-state index is -0.271. The van der Waals surface area contributed by atoms with Gasteiger partial charge in [-0.25, -0.2) is 0 Å². The summed E-state index contributed by atoms with van der Waals surface area (Å²) < 4.78 is 4.75. The highest BCUT2D eigenvalue weighted by Gasteiger charge is 2.08. The molecular weight excluding hydrogens is 210 g/mol. The molecule has 0 aliphatic heterocycles. The number of nitriles is 1. The van der Waals surface area contributed by atoms with Crippen molar-refractivity contribution in [1.29, 1.82) is 5.26 Å². The molecule has 0 bridgehead atoms. The first kappa shape index (κ1) is 14.4. The maximum Gasteiger partial charge on any atom is 0.307 e. The highest BCUT2D eigenvalue weighted by Crippen LogP contribution is 1.90. The van der Waals surface area contributed by atoms with Gasteiger partial charge in [0, 0.05) is 6.54 Å². The normalized spacial score (nSPS) is 9.62. The molecule has 16 heavy (non-hydrogen) atoms. The Morgan fingerprint density at radius 2 is 2.19 bits per heavy atom. The average molecular weight is 227 g/mol. The number of hydrogen-bond acceptors (Lipinski definition) is 5. The van der Waals surface area contributed by atoms with E-state index in [0.717, 1.165) is 0 Å². The average Bonchev–Trinajstić information content (AvgIpc) is 2.24. The van der Waals surface area contributed by atoms with Crippen molar-refractivity contribution in [1.82, 2.24) is 10.2 Å². The molecule has 0 spiro atoms. The Morgan fingerprint density at radius 1 is 1.50 bits per heavy atom. The van der Waals surface area contributed by atoms with Crippen molar-refractivity contribution in [2.24, 2.45) is 0 Å². The second-order valence-electron chi connectivity index (χ2n) is 3.23. The van der Waals surface area contributed by atoms with E-state index in [2.05, 4.69) is 5.32 Å². The minimum Gasteiger partial charge on any atom is -0.466 e. The van der Waals surface area contributed by atoms with Crippen LogP contribution in [0.4, 0.5) is 0 Å². The van der Waals surface area contributed by atoms with E-state index in [1.54, 1.807) is 18.9 Å². The molecule has 0 saturated carbocycles. The zero-order valence-corrected chi connectivity index (χ0v) is 9.65. The van der Waals surface area contributed by atoms with E-state index in [4.69, 9.17) is 10.00 Å².